The number of hydrogen-bond donors (Lipinski definition) is 0. The zero-order valence-corrected chi connectivity index (χ0v) is 8.90. The first-order valence-electron chi connectivity index (χ1n) is 4.88. The number of alkyl halides is 3. The molecule has 0 amide bonds. The maximum absolute atomic E-state index is 12.0. The van der Waals surface area contributed by atoms with Crippen molar-refractivity contribution in [1.82, 2.24) is 0 Å². The van der Waals surface area contributed by atoms with Crippen LogP contribution in [0.25, 0.3) is 0 Å². The standard InChI is InChI=1S/C12H7F3O3/c13-12(14,15)18-10-3-1-2-8(6-10)11(16)9-4-5-17-7-9/h1-7H. The molecule has 94 valence electrons. The zero-order chi connectivity index (χ0) is 13.2. The Morgan fingerprint density at radius 2 is 1.94 bits per heavy atom. The molecule has 0 bridgehead atoms. The first kappa shape index (κ1) is 12.2. The fourth-order valence-electron chi connectivity index (χ4n) is 1.39. The molecule has 0 saturated heterocycles. The molecule has 0 N–H and O–H groups in total. The molecule has 18 heavy (non-hydrogen) atoms. The van der Waals surface area contributed by atoms with Gasteiger partial charge in [-0.2, -0.15) is 0 Å². The summed E-state index contributed by atoms with van der Waals surface area (Å²) in [6.45, 7) is 0. The smallest absolute Gasteiger partial charge is 0.472 e. The average Bonchev–Trinajstić information content (AvgIpc) is 2.79. The predicted molar refractivity (Wildman–Crippen MR) is 55.3 cm³/mol. The molecule has 0 aliphatic heterocycles. The lowest BCUT2D eigenvalue weighted by molar-refractivity contribution is -0.274. The van der Waals surface area contributed by atoms with Crippen LogP contribution in [0.2, 0.25) is 0 Å². The summed E-state index contributed by atoms with van der Waals surface area (Å²) in [5.41, 5.74) is 0.359. The van der Waals surface area contributed by atoms with Gasteiger partial charge in [0, 0.05) is 5.56 Å². The highest BCUT2D eigenvalue weighted by atomic mass is 19.4. The SMILES string of the molecule is O=C(c1ccoc1)c1cccc(OC(F)(F)F)c1. The Morgan fingerprint density at radius 1 is 1.17 bits per heavy atom. The van der Waals surface area contributed by atoms with Gasteiger partial charge in [-0.15, -0.1) is 13.2 Å². The molecule has 2 aromatic rings. The molecule has 1 heterocycles. The van der Waals surface area contributed by atoms with Gasteiger partial charge in [-0.25, -0.2) is 0 Å². The molecule has 1 aromatic carbocycles. The van der Waals surface area contributed by atoms with Crippen molar-refractivity contribution < 1.29 is 27.1 Å². The van der Waals surface area contributed by atoms with Crippen LogP contribution >= 0.6 is 0 Å². The van der Waals surface area contributed by atoms with E-state index >= 15 is 0 Å². The quantitative estimate of drug-likeness (QED) is 0.790. The number of hydrogen-bond acceptors (Lipinski definition) is 3. The van der Waals surface area contributed by atoms with Crippen LogP contribution in [0.3, 0.4) is 0 Å². The minimum Gasteiger partial charge on any atom is -0.472 e. The molecular formula is C12H7F3O3. The van der Waals surface area contributed by atoms with Crippen LogP contribution in [0.1, 0.15) is 15.9 Å². The van der Waals surface area contributed by atoms with Crippen molar-refractivity contribution in [3.63, 3.8) is 0 Å². The fourth-order valence-corrected chi connectivity index (χ4v) is 1.39. The van der Waals surface area contributed by atoms with Gasteiger partial charge >= 0.3 is 6.36 Å². The Morgan fingerprint density at radius 3 is 2.56 bits per heavy atom. The third-order valence-electron chi connectivity index (χ3n) is 2.11. The van der Waals surface area contributed by atoms with Gasteiger partial charge in [0.1, 0.15) is 12.0 Å². The number of benzene rings is 1. The van der Waals surface area contributed by atoms with Gasteiger partial charge in [0.2, 0.25) is 0 Å². The van der Waals surface area contributed by atoms with E-state index in [2.05, 4.69) is 4.74 Å². The van der Waals surface area contributed by atoms with Gasteiger partial charge in [-0.05, 0) is 18.2 Å². The Hall–Kier alpha value is -2.24. The highest BCUT2D eigenvalue weighted by Crippen LogP contribution is 2.24. The van der Waals surface area contributed by atoms with Crippen LogP contribution in [0, 0.1) is 0 Å². The van der Waals surface area contributed by atoms with Crippen molar-refractivity contribution >= 4 is 5.78 Å². The van der Waals surface area contributed by atoms with E-state index in [-0.39, 0.29) is 11.1 Å². The molecule has 1 aromatic heterocycles. The lowest BCUT2D eigenvalue weighted by atomic mass is 10.1. The predicted octanol–water partition coefficient (Wildman–Crippen LogP) is 3.41. The Balaban J connectivity index is 2.25. The number of ether oxygens (including phenoxy) is 1. The van der Waals surface area contributed by atoms with E-state index < -0.39 is 17.9 Å². The Kier molecular flexibility index (Phi) is 3.10. The highest BCUT2D eigenvalue weighted by Gasteiger charge is 2.31. The van der Waals surface area contributed by atoms with Crippen molar-refractivity contribution in [3.05, 3.63) is 54.0 Å². The average molecular weight is 256 g/mol. The lowest BCUT2D eigenvalue weighted by Crippen LogP contribution is -2.17. The minimum absolute atomic E-state index is 0.0955. The largest absolute Gasteiger partial charge is 0.573 e. The van der Waals surface area contributed by atoms with E-state index in [4.69, 9.17) is 4.42 Å². The third-order valence-corrected chi connectivity index (χ3v) is 2.11. The van der Waals surface area contributed by atoms with E-state index in [1.54, 1.807) is 0 Å². The highest BCUT2D eigenvalue weighted by molar-refractivity contribution is 6.08. The number of carbonyl (C=O) groups excluding carboxylic acids is 1. The zero-order valence-electron chi connectivity index (χ0n) is 8.90. The monoisotopic (exact) mass is 256 g/mol. The molecule has 0 unspecified atom stereocenters. The summed E-state index contributed by atoms with van der Waals surface area (Å²) in [7, 11) is 0. The number of carbonyl (C=O) groups is 1. The second-order valence-electron chi connectivity index (χ2n) is 3.42. The lowest BCUT2D eigenvalue weighted by Gasteiger charge is -2.09. The summed E-state index contributed by atoms with van der Waals surface area (Å²) in [6.07, 6.45) is -2.25. The minimum atomic E-state index is -4.78. The van der Waals surface area contributed by atoms with Crippen molar-refractivity contribution in [2.45, 2.75) is 6.36 Å². The second-order valence-corrected chi connectivity index (χ2v) is 3.42. The first-order chi connectivity index (χ1) is 8.46. The Bertz CT molecular complexity index is 544. The summed E-state index contributed by atoms with van der Waals surface area (Å²) in [4.78, 5) is 11.8. The number of halogens is 3. The molecule has 0 saturated carbocycles. The molecule has 0 aliphatic rings. The summed E-state index contributed by atoms with van der Waals surface area (Å²) in [5.74, 6) is -0.867. The van der Waals surface area contributed by atoms with Crippen LogP contribution in [-0.2, 0) is 0 Å². The van der Waals surface area contributed by atoms with Crippen LogP contribution in [0.15, 0.2) is 47.3 Å². The van der Waals surface area contributed by atoms with E-state index in [0.717, 1.165) is 12.1 Å². The maximum atomic E-state index is 12.0. The fraction of sp³-hybridized carbons (Fsp3) is 0.0833. The number of rotatable bonds is 3. The van der Waals surface area contributed by atoms with Gasteiger partial charge in [0.15, 0.2) is 5.78 Å². The molecule has 0 atom stereocenters. The summed E-state index contributed by atoms with van der Waals surface area (Å²) >= 11 is 0. The van der Waals surface area contributed by atoms with Crippen molar-refractivity contribution in [2.75, 3.05) is 0 Å². The summed E-state index contributed by atoms with van der Waals surface area (Å²) in [5, 5.41) is 0. The molecule has 0 fully saturated rings. The van der Waals surface area contributed by atoms with E-state index in [0.29, 0.717) is 0 Å². The van der Waals surface area contributed by atoms with Crippen molar-refractivity contribution in [1.29, 1.82) is 0 Å². The Labute approximate surface area is 99.8 Å². The summed E-state index contributed by atoms with van der Waals surface area (Å²) < 4.78 is 44.5. The maximum Gasteiger partial charge on any atom is 0.573 e. The summed E-state index contributed by atoms with van der Waals surface area (Å²) in [6, 6.07) is 6.30. The molecule has 2 rings (SSSR count). The second kappa shape index (κ2) is 4.56. The van der Waals surface area contributed by atoms with E-state index in [9.17, 15) is 18.0 Å². The van der Waals surface area contributed by atoms with Gasteiger partial charge in [0.25, 0.3) is 0 Å². The van der Waals surface area contributed by atoms with Crippen molar-refractivity contribution in [2.24, 2.45) is 0 Å². The van der Waals surface area contributed by atoms with Crippen LogP contribution in [0.4, 0.5) is 13.2 Å². The number of ketones is 1. The van der Waals surface area contributed by atoms with E-state index in [1.165, 1.54) is 30.7 Å². The molecule has 0 radical (unpaired) electrons. The third kappa shape index (κ3) is 2.91. The van der Waals surface area contributed by atoms with Crippen LogP contribution in [-0.4, -0.2) is 12.1 Å². The van der Waals surface area contributed by atoms with Crippen LogP contribution < -0.4 is 4.74 Å². The van der Waals surface area contributed by atoms with Crippen molar-refractivity contribution in [3.8, 4) is 5.75 Å². The molecule has 0 spiro atoms. The molecule has 6 heteroatoms. The number of furan rings is 1. The first-order valence-corrected chi connectivity index (χ1v) is 4.88. The van der Waals surface area contributed by atoms with Gasteiger partial charge in [-0.1, -0.05) is 12.1 Å². The normalized spacial score (nSPS) is 11.3. The molecular weight excluding hydrogens is 249 g/mol. The molecule has 0 aliphatic carbocycles. The topological polar surface area (TPSA) is 39.4 Å². The van der Waals surface area contributed by atoms with Gasteiger partial charge in [-0.3, -0.25) is 4.79 Å². The van der Waals surface area contributed by atoms with Gasteiger partial charge in [0.05, 0.1) is 11.8 Å². The van der Waals surface area contributed by atoms with Gasteiger partial charge < -0.3 is 9.15 Å². The van der Waals surface area contributed by atoms with Crippen LogP contribution in [0.5, 0.6) is 5.75 Å². The molecule has 3 nitrogen and oxygen atoms in total. The van der Waals surface area contributed by atoms with E-state index in [1.807, 2.05) is 0 Å².